The van der Waals surface area contributed by atoms with Crippen LogP contribution in [-0.2, 0) is 17.8 Å². The van der Waals surface area contributed by atoms with Crippen molar-refractivity contribution in [1.82, 2.24) is 14.9 Å². The maximum Gasteiger partial charge on any atom is 0.222 e. The maximum absolute atomic E-state index is 12.3. The summed E-state index contributed by atoms with van der Waals surface area (Å²) in [6, 6.07) is 6.43. The van der Waals surface area contributed by atoms with Crippen molar-refractivity contribution in [3.63, 3.8) is 0 Å². The highest BCUT2D eigenvalue weighted by molar-refractivity contribution is 5.76. The minimum absolute atomic E-state index is 0.127. The summed E-state index contributed by atoms with van der Waals surface area (Å²) in [5.41, 5.74) is 4.61. The molecule has 0 fully saturated rings. The van der Waals surface area contributed by atoms with Crippen molar-refractivity contribution >= 4 is 11.9 Å². The predicted octanol–water partition coefficient (Wildman–Crippen LogP) is 2.73. The lowest BCUT2D eigenvalue weighted by atomic mass is 10.0. The topological polar surface area (TPSA) is 58.1 Å². The van der Waals surface area contributed by atoms with Crippen molar-refractivity contribution in [2.75, 3.05) is 19.4 Å². The monoisotopic (exact) mass is 312 g/mol. The zero-order chi connectivity index (χ0) is 16.8. The number of aryl methyl sites for hydroxylation is 3. The minimum Gasteiger partial charge on any atom is -0.357 e. The Morgan fingerprint density at radius 3 is 2.26 bits per heavy atom. The van der Waals surface area contributed by atoms with Gasteiger partial charge in [0.15, 0.2) is 0 Å². The maximum atomic E-state index is 12.3. The Morgan fingerprint density at radius 2 is 1.70 bits per heavy atom. The van der Waals surface area contributed by atoms with Crippen molar-refractivity contribution in [1.29, 1.82) is 0 Å². The Hall–Kier alpha value is -2.43. The van der Waals surface area contributed by atoms with Gasteiger partial charge in [-0.15, -0.1) is 0 Å². The van der Waals surface area contributed by atoms with Crippen LogP contribution in [0.1, 0.15) is 28.7 Å². The Morgan fingerprint density at radius 1 is 1.09 bits per heavy atom. The zero-order valence-corrected chi connectivity index (χ0v) is 14.3. The first-order chi connectivity index (χ1) is 11.0. The number of nitrogens with zero attached hydrogens (tertiary/aromatic N) is 3. The molecule has 1 aromatic carbocycles. The van der Waals surface area contributed by atoms with E-state index in [0.717, 1.165) is 12.0 Å². The lowest BCUT2D eigenvalue weighted by Gasteiger charge is -2.17. The van der Waals surface area contributed by atoms with Gasteiger partial charge in [0, 0.05) is 45.0 Å². The lowest BCUT2D eigenvalue weighted by molar-refractivity contribution is -0.130. The number of rotatable bonds is 6. The third-order valence-electron chi connectivity index (χ3n) is 3.68. The molecule has 0 saturated heterocycles. The molecule has 0 aliphatic heterocycles. The third kappa shape index (κ3) is 5.06. The molecule has 5 nitrogen and oxygen atoms in total. The number of amides is 1. The van der Waals surface area contributed by atoms with Gasteiger partial charge in [0.25, 0.3) is 0 Å². The fourth-order valence-corrected chi connectivity index (χ4v) is 2.58. The van der Waals surface area contributed by atoms with Gasteiger partial charge < -0.3 is 10.2 Å². The molecule has 5 heteroatoms. The van der Waals surface area contributed by atoms with Gasteiger partial charge in [-0.25, -0.2) is 9.97 Å². The number of benzene rings is 1. The lowest BCUT2D eigenvalue weighted by Crippen LogP contribution is -2.26. The predicted molar refractivity (Wildman–Crippen MR) is 92.3 cm³/mol. The summed E-state index contributed by atoms with van der Waals surface area (Å²) >= 11 is 0. The second-order valence-corrected chi connectivity index (χ2v) is 5.91. The van der Waals surface area contributed by atoms with Crippen LogP contribution in [0.4, 0.5) is 5.95 Å². The van der Waals surface area contributed by atoms with Crippen LogP contribution in [0.5, 0.6) is 0 Å². The minimum atomic E-state index is 0.127. The van der Waals surface area contributed by atoms with E-state index in [1.165, 1.54) is 16.7 Å². The molecule has 0 bridgehead atoms. The number of hydrogen-bond acceptors (Lipinski definition) is 4. The molecule has 0 radical (unpaired) electrons. The second kappa shape index (κ2) is 7.72. The number of hydrogen-bond donors (Lipinski definition) is 1. The molecular weight excluding hydrogens is 288 g/mol. The molecule has 0 saturated carbocycles. The zero-order valence-electron chi connectivity index (χ0n) is 14.3. The van der Waals surface area contributed by atoms with Gasteiger partial charge in [0.2, 0.25) is 11.9 Å². The number of nitrogens with one attached hydrogen (secondary N) is 1. The molecule has 0 aliphatic carbocycles. The van der Waals surface area contributed by atoms with Crippen LogP contribution in [0.3, 0.4) is 0 Å². The highest BCUT2D eigenvalue weighted by Crippen LogP contribution is 2.12. The number of aromatic nitrogens is 2. The summed E-state index contributed by atoms with van der Waals surface area (Å²) in [4.78, 5) is 22.3. The summed E-state index contributed by atoms with van der Waals surface area (Å²) in [5, 5.41) is 2.88. The highest BCUT2D eigenvalue weighted by Gasteiger charge is 2.10. The molecule has 0 atom stereocenters. The van der Waals surface area contributed by atoms with E-state index in [-0.39, 0.29) is 5.91 Å². The SMILES string of the molecule is CNc1ncc(CN(C)C(=O)CCc2cc(C)cc(C)c2)cn1. The van der Waals surface area contributed by atoms with Crippen LogP contribution in [0.25, 0.3) is 0 Å². The first-order valence-corrected chi connectivity index (χ1v) is 7.77. The van der Waals surface area contributed by atoms with E-state index >= 15 is 0 Å². The van der Waals surface area contributed by atoms with Crippen LogP contribution in [0.15, 0.2) is 30.6 Å². The van der Waals surface area contributed by atoms with Crippen molar-refractivity contribution in [3.8, 4) is 0 Å². The average Bonchev–Trinajstić information content (AvgIpc) is 2.52. The molecule has 2 aromatic rings. The number of anilines is 1. The fraction of sp³-hybridized carbons (Fsp3) is 0.389. The van der Waals surface area contributed by atoms with Gasteiger partial charge >= 0.3 is 0 Å². The van der Waals surface area contributed by atoms with Crippen LogP contribution >= 0.6 is 0 Å². The van der Waals surface area contributed by atoms with Crippen LogP contribution in [0.2, 0.25) is 0 Å². The Labute approximate surface area is 137 Å². The molecule has 2 rings (SSSR count). The van der Waals surface area contributed by atoms with E-state index in [0.29, 0.717) is 18.9 Å². The summed E-state index contributed by atoms with van der Waals surface area (Å²) in [5.74, 6) is 0.708. The summed E-state index contributed by atoms with van der Waals surface area (Å²) in [6.45, 7) is 4.69. The molecule has 1 N–H and O–H groups in total. The van der Waals surface area contributed by atoms with E-state index in [9.17, 15) is 4.79 Å². The Bertz CT molecular complexity index is 647. The summed E-state index contributed by atoms with van der Waals surface area (Å²) in [7, 11) is 3.59. The molecule has 1 aromatic heterocycles. The van der Waals surface area contributed by atoms with Crippen molar-refractivity contribution in [2.24, 2.45) is 0 Å². The standard InChI is InChI=1S/C18H24N4O/c1-13-7-14(2)9-15(8-13)5-6-17(23)22(4)12-16-10-20-18(19-3)21-11-16/h7-11H,5-6,12H2,1-4H3,(H,19,20,21). The van der Waals surface area contributed by atoms with E-state index < -0.39 is 0 Å². The van der Waals surface area contributed by atoms with Gasteiger partial charge in [0.1, 0.15) is 0 Å². The first-order valence-electron chi connectivity index (χ1n) is 7.77. The van der Waals surface area contributed by atoms with E-state index in [1.807, 2.05) is 7.05 Å². The highest BCUT2D eigenvalue weighted by atomic mass is 16.2. The van der Waals surface area contributed by atoms with E-state index in [4.69, 9.17) is 0 Å². The van der Waals surface area contributed by atoms with E-state index in [2.05, 4.69) is 47.3 Å². The van der Waals surface area contributed by atoms with Crippen molar-refractivity contribution in [3.05, 3.63) is 52.8 Å². The van der Waals surface area contributed by atoms with Gasteiger partial charge in [-0.1, -0.05) is 29.3 Å². The largest absolute Gasteiger partial charge is 0.357 e. The summed E-state index contributed by atoms with van der Waals surface area (Å²) in [6.07, 6.45) is 4.76. The quantitative estimate of drug-likeness (QED) is 0.891. The van der Waals surface area contributed by atoms with Gasteiger partial charge in [-0.3, -0.25) is 4.79 Å². The Balaban J connectivity index is 1.89. The summed E-state index contributed by atoms with van der Waals surface area (Å²) < 4.78 is 0. The molecule has 23 heavy (non-hydrogen) atoms. The van der Waals surface area contributed by atoms with Crippen molar-refractivity contribution < 1.29 is 4.79 Å². The first kappa shape index (κ1) is 16.9. The van der Waals surface area contributed by atoms with Gasteiger partial charge in [-0.05, 0) is 25.8 Å². The fourth-order valence-electron chi connectivity index (χ4n) is 2.58. The molecular formula is C18H24N4O. The van der Waals surface area contributed by atoms with Crippen LogP contribution in [0, 0.1) is 13.8 Å². The molecule has 122 valence electrons. The normalized spacial score (nSPS) is 10.4. The smallest absolute Gasteiger partial charge is 0.222 e. The molecule has 1 heterocycles. The molecule has 0 unspecified atom stereocenters. The Kier molecular flexibility index (Phi) is 5.68. The number of carbonyl (C=O) groups excluding carboxylic acids is 1. The molecule has 0 spiro atoms. The van der Waals surface area contributed by atoms with Crippen LogP contribution < -0.4 is 5.32 Å². The number of carbonyl (C=O) groups is 1. The van der Waals surface area contributed by atoms with Crippen LogP contribution in [-0.4, -0.2) is 34.9 Å². The van der Waals surface area contributed by atoms with E-state index in [1.54, 1.807) is 24.3 Å². The molecule has 0 aliphatic rings. The van der Waals surface area contributed by atoms with Gasteiger partial charge in [0.05, 0.1) is 0 Å². The van der Waals surface area contributed by atoms with Crippen molar-refractivity contribution in [2.45, 2.75) is 33.2 Å². The second-order valence-electron chi connectivity index (χ2n) is 5.91. The average molecular weight is 312 g/mol. The molecule has 1 amide bonds. The van der Waals surface area contributed by atoms with Gasteiger partial charge in [-0.2, -0.15) is 0 Å². The third-order valence-corrected chi connectivity index (χ3v) is 3.68.